The van der Waals surface area contributed by atoms with E-state index in [1.165, 1.54) is 23.3 Å². The molecule has 1 unspecified atom stereocenters. The molecule has 4 rings (SSSR count). The quantitative estimate of drug-likeness (QED) is 0.644. The van der Waals surface area contributed by atoms with Gasteiger partial charge in [0, 0.05) is 41.1 Å². The molecule has 0 saturated heterocycles. The number of carbonyl (C=O) groups is 1. The molecule has 0 radical (unpaired) electrons. The van der Waals surface area contributed by atoms with Gasteiger partial charge in [0.2, 0.25) is 5.78 Å². The van der Waals surface area contributed by atoms with Crippen molar-refractivity contribution in [2.24, 2.45) is 0 Å². The number of aromatic amines is 1. The minimum atomic E-state index is -0.0659. The number of ether oxygens (including phenoxy) is 1. The Hall–Kier alpha value is -2.59. The van der Waals surface area contributed by atoms with Crippen LogP contribution in [0.15, 0.2) is 54.7 Å². The topological polar surface area (TPSA) is 46.5 Å². The van der Waals surface area contributed by atoms with Crippen LogP contribution < -0.4 is 9.64 Å². The average molecular weight is 349 g/mol. The van der Waals surface area contributed by atoms with Crippen LogP contribution in [0.4, 0.5) is 0 Å². The van der Waals surface area contributed by atoms with E-state index in [-0.39, 0.29) is 11.8 Å². The second-order valence-corrected chi connectivity index (χ2v) is 7.21. The molecule has 1 aliphatic carbocycles. The van der Waals surface area contributed by atoms with Gasteiger partial charge in [-0.15, -0.1) is 0 Å². The molecule has 1 heterocycles. The number of quaternary nitrogens is 1. The molecular weight excluding hydrogens is 324 g/mol. The van der Waals surface area contributed by atoms with Crippen LogP contribution in [0.25, 0.3) is 10.9 Å². The van der Waals surface area contributed by atoms with E-state index in [0.717, 1.165) is 28.8 Å². The predicted molar refractivity (Wildman–Crippen MR) is 103 cm³/mol. The average Bonchev–Trinajstić information content (AvgIpc) is 3.44. The molecule has 0 bridgehead atoms. The highest BCUT2D eigenvalue weighted by atomic mass is 16.5. The summed E-state index contributed by atoms with van der Waals surface area (Å²) in [4.78, 5) is 17.8. The Balaban J connectivity index is 1.56. The molecule has 2 aromatic carbocycles. The van der Waals surface area contributed by atoms with E-state index in [9.17, 15) is 4.79 Å². The fraction of sp³-hybridized carbons (Fsp3) is 0.318. The number of aromatic nitrogens is 1. The standard InChI is InChI=1S/C22H24N2O2/c1-15(22(25)20-13-23-21-6-4-3-5-19(20)21)24(17-9-10-17)14-16-7-11-18(26-2)12-8-16/h3-8,11-13,15,17,23H,9-10,14H2,1-2H3/p+1/t15-/m0/s1. The number of Topliss-reactive ketones (excluding diaryl/α,β-unsaturated/α-hetero) is 1. The highest BCUT2D eigenvalue weighted by Gasteiger charge is 2.39. The Labute approximate surface area is 153 Å². The van der Waals surface area contributed by atoms with Crippen molar-refractivity contribution in [3.63, 3.8) is 0 Å². The van der Waals surface area contributed by atoms with E-state index in [4.69, 9.17) is 4.74 Å². The molecule has 1 fully saturated rings. The van der Waals surface area contributed by atoms with Crippen LogP contribution in [0, 0.1) is 0 Å². The van der Waals surface area contributed by atoms with Crippen LogP contribution in [-0.4, -0.2) is 30.0 Å². The van der Waals surface area contributed by atoms with Gasteiger partial charge in [-0.25, -0.2) is 0 Å². The van der Waals surface area contributed by atoms with E-state index in [2.05, 4.69) is 24.0 Å². The lowest BCUT2D eigenvalue weighted by molar-refractivity contribution is -0.938. The molecule has 2 N–H and O–H groups in total. The fourth-order valence-electron chi connectivity index (χ4n) is 3.76. The number of benzene rings is 2. The summed E-state index contributed by atoms with van der Waals surface area (Å²) >= 11 is 0. The van der Waals surface area contributed by atoms with Crippen molar-refractivity contribution in [2.45, 2.75) is 38.4 Å². The highest BCUT2D eigenvalue weighted by molar-refractivity contribution is 6.09. The van der Waals surface area contributed by atoms with E-state index < -0.39 is 0 Å². The van der Waals surface area contributed by atoms with Gasteiger partial charge < -0.3 is 14.6 Å². The SMILES string of the molecule is COc1ccc(C[NH+](C2CC2)[C@@H](C)C(=O)c2c[nH]c3ccccc23)cc1. The minimum Gasteiger partial charge on any atom is -0.497 e. The third kappa shape index (κ3) is 3.25. The Morgan fingerprint density at radius 1 is 1.19 bits per heavy atom. The highest BCUT2D eigenvalue weighted by Crippen LogP contribution is 2.21. The summed E-state index contributed by atoms with van der Waals surface area (Å²) in [6.45, 7) is 2.94. The molecule has 1 aliphatic rings. The fourth-order valence-corrected chi connectivity index (χ4v) is 3.76. The Bertz CT molecular complexity index is 909. The molecule has 26 heavy (non-hydrogen) atoms. The van der Waals surface area contributed by atoms with Gasteiger partial charge in [0.05, 0.1) is 13.2 Å². The lowest BCUT2D eigenvalue weighted by Crippen LogP contribution is -3.16. The number of H-pyrrole nitrogens is 1. The number of ketones is 1. The first-order valence-electron chi connectivity index (χ1n) is 9.26. The van der Waals surface area contributed by atoms with Crippen molar-refractivity contribution in [1.82, 2.24) is 4.98 Å². The minimum absolute atomic E-state index is 0.0659. The number of carbonyl (C=O) groups excluding carboxylic acids is 1. The zero-order chi connectivity index (χ0) is 18.1. The molecule has 134 valence electrons. The van der Waals surface area contributed by atoms with Crippen LogP contribution >= 0.6 is 0 Å². The van der Waals surface area contributed by atoms with Gasteiger partial charge in [-0.2, -0.15) is 0 Å². The number of rotatable bonds is 7. The summed E-state index contributed by atoms with van der Waals surface area (Å²) in [5.74, 6) is 1.09. The van der Waals surface area contributed by atoms with E-state index in [1.54, 1.807) is 7.11 Å². The molecule has 4 heteroatoms. The van der Waals surface area contributed by atoms with E-state index in [1.807, 2.05) is 42.6 Å². The smallest absolute Gasteiger partial charge is 0.221 e. The summed E-state index contributed by atoms with van der Waals surface area (Å²) in [5.41, 5.74) is 3.07. The monoisotopic (exact) mass is 349 g/mol. The number of fused-ring (bicyclic) bond motifs is 1. The summed E-state index contributed by atoms with van der Waals surface area (Å²) in [6.07, 6.45) is 4.27. The number of methoxy groups -OCH3 is 1. The first-order valence-corrected chi connectivity index (χ1v) is 9.26. The summed E-state index contributed by atoms with van der Waals surface area (Å²) < 4.78 is 5.25. The van der Waals surface area contributed by atoms with Crippen molar-refractivity contribution >= 4 is 16.7 Å². The molecular formula is C22H25N2O2+. The molecule has 4 nitrogen and oxygen atoms in total. The maximum absolute atomic E-state index is 13.2. The van der Waals surface area contributed by atoms with Crippen LogP contribution in [-0.2, 0) is 6.54 Å². The van der Waals surface area contributed by atoms with Crippen molar-refractivity contribution in [1.29, 1.82) is 0 Å². The van der Waals surface area contributed by atoms with E-state index in [0.29, 0.717) is 6.04 Å². The van der Waals surface area contributed by atoms with Crippen LogP contribution in [0.5, 0.6) is 5.75 Å². The van der Waals surface area contributed by atoms with Gasteiger partial charge in [0.25, 0.3) is 0 Å². The number of nitrogens with one attached hydrogen (secondary N) is 2. The van der Waals surface area contributed by atoms with Crippen molar-refractivity contribution in [3.8, 4) is 5.75 Å². The van der Waals surface area contributed by atoms with Gasteiger partial charge in [-0.1, -0.05) is 18.2 Å². The summed E-state index contributed by atoms with van der Waals surface area (Å²) in [5, 5.41) is 1.02. The number of hydrogen-bond acceptors (Lipinski definition) is 2. The van der Waals surface area contributed by atoms with Gasteiger partial charge in [-0.05, 0) is 37.3 Å². The van der Waals surface area contributed by atoms with Crippen LogP contribution in [0.2, 0.25) is 0 Å². The molecule has 0 aliphatic heterocycles. The molecule has 1 aromatic heterocycles. The maximum Gasteiger partial charge on any atom is 0.221 e. The molecule has 1 saturated carbocycles. The zero-order valence-electron chi connectivity index (χ0n) is 15.3. The van der Waals surface area contributed by atoms with Crippen LogP contribution in [0.3, 0.4) is 0 Å². The van der Waals surface area contributed by atoms with Gasteiger partial charge >= 0.3 is 0 Å². The normalized spacial score (nSPS) is 16.4. The van der Waals surface area contributed by atoms with Crippen molar-refractivity contribution < 1.29 is 14.4 Å². The predicted octanol–water partition coefficient (Wildman–Crippen LogP) is 3.00. The first-order chi connectivity index (χ1) is 12.7. The lowest BCUT2D eigenvalue weighted by atomic mass is 10.0. The molecule has 3 aromatic rings. The maximum atomic E-state index is 13.2. The molecule has 0 spiro atoms. The van der Waals surface area contributed by atoms with Crippen LogP contribution in [0.1, 0.15) is 35.7 Å². The molecule has 2 atom stereocenters. The van der Waals surface area contributed by atoms with Crippen molar-refractivity contribution in [3.05, 3.63) is 65.9 Å². The number of hydrogen-bond donors (Lipinski definition) is 2. The van der Waals surface area contributed by atoms with Crippen molar-refractivity contribution in [2.75, 3.05) is 7.11 Å². The van der Waals surface area contributed by atoms with Gasteiger partial charge in [-0.3, -0.25) is 4.79 Å². The first kappa shape index (κ1) is 16.9. The zero-order valence-corrected chi connectivity index (χ0v) is 15.3. The number of para-hydroxylation sites is 1. The van der Waals surface area contributed by atoms with Gasteiger partial charge in [0.15, 0.2) is 0 Å². The second kappa shape index (κ2) is 6.96. The second-order valence-electron chi connectivity index (χ2n) is 7.21. The summed E-state index contributed by atoms with van der Waals surface area (Å²) in [7, 11) is 1.68. The Kier molecular flexibility index (Phi) is 4.51. The third-order valence-corrected chi connectivity index (χ3v) is 5.47. The molecule has 0 amide bonds. The van der Waals surface area contributed by atoms with E-state index >= 15 is 0 Å². The lowest BCUT2D eigenvalue weighted by Gasteiger charge is -2.25. The Morgan fingerprint density at radius 2 is 1.92 bits per heavy atom. The summed E-state index contributed by atoms with van der Waals surface area (Å²) in [6, 6.07) is 16.7. The third-order valence-electron chi connectivity index (χ3n) is 5.47. The largest absolute Gasteiger partial charge is 0.497 e. The Morgan fingerprint density at radius 3 is 2.62 bits per heavy atom. The van der Waals surface area contributed by atoms with Gasteiger partial charge in [0.1, 0.15) is 18.3 Å².